The van der Waals surface area contributed by atoms with E-state index in [0.717, 1.165) is 19.4 Å². The van der Waals surface area contributed by atoms with Crippen LogP contribution in [0.5, 0.6) is 0 Å². The zero-order chi connectivity index (χ0) is 11.8. The SMILES string of the molecule is O=C1CC(Br)CN1[C@H]1CCCc2ccccc21. The Kier molecular flexibility index (Phi) is 2.95. The number of amides is 1. The Morgan fingerprint density at radius 1 is 1.29 bits per heavy atom. The van der Waals surface area contributed by atoms with Crippen molar-refractivity contribution < 1.29 is 4.79 Å². The molecule has 17 heavy (non-hydrogen) atoms. The molecule has 0 radical (unpaired) electrons. The zero-order valence-electron chi connectivity index (χ0n) is 9.73. The summed E-state index contributed by atoms with van der Waals surface area (Å²) in [5.74, 6) is 0.300. The first kappa shape index (κ1) is 11.3. The van der Waals surface area contributed by atoms with Crippen molar-refractivity contribution in [1.82, 2.24) is 4.90 Å². The van der Waals surface area contributed by atoms with Crippen LogP contribution in [0.2, 0.25) is 0 Å². The Morgan fingerprint density at radius 2 is 2.12 bits per heavy atom. The highest BCUT2D eigenvalue weighted by molar-refractivity contribution is 9.09. The van der Waals surface area contributed by atoms with E-state index in [1.54, 1.807) is 0 Å². The minimum absolute atomic E-state index is 0.300. The second-order valence-corrected chi connectivity index (χ2v) is 6.25. The minimum atomic E-state index is 0.300. The second-order valence-electron chi connectivity index (χ2n) is 4.95. The highest BCUT2D eigenvalue weighted by Gasteiger charge is 2.35. The molecule has 1 aromatic carbocycles. The van der Waals surface area contributed by atoms with Gasteiger partial charge < -0.3 is 4.90 Å². The van der Waals surface area contributed by atoms with E-state index in [-0.39, 0.29) is 0 Å². The van der Waals surface area contributed by atoms with Gasteiger partial charge in [0, 0.05) is 17.8 Å². The van der Waals surface area contributed by atoms with Gasteiger partial charge in [0.2, 0.25) is 5.91 Å². The highest BCUT2D eigenvalue weighted by Crippen LogP contribution is 2.37. The Balaban J connectivity index is 1.93. The number of carbonyl (C=O) groups excluding carboxylic acids is 1. The molecule has 1 unspecified atom stereocenters. The Morgan fingerprint density at radius 3 is 2.88 bits per heavy atom. The van der Waals surface area contributed by atoms with Gasteiger partial charge in [-0.1, -0.05) is 40.2 Å². The lowest BCUT2D eigenvalue weighted by atomic mass is 9.87. The number of nitrogens with zero attached hydrogens (tertiary/aromatic N) is 1. The van der Waals surface area contributed by atoms with Crippen LogP contribution in [0.3, 0.4) is 0 Å². The number of fused-ring (bicyclic) bond motifs is 1. The number of hydrogen-bond donors (Lipinski definition) is 0. The number of alkyl halides is 1. The van der Waals surface area contributed by atoms with Gasteiger partial charge in [0.25, 0.3) is 0 Å². The molecule has 3 heteroatoms. The van der Waals surface area contributed by atoms with Gasteiger partial charge >= 0.3 is 0 Å². The van der Waals surface area contributed by atoms with Gasteiger partial charge in [0.1, 0.15) is 0 Å². The first-order chi connectivity index (χ1) is 8.25. The van der Waals surface area contributed by atoms with Gasteiger partial charge in [-0.25, -0.2) is 0 Å². The molecule has 1 amide bonds. The van der Waals surface area contributed by atoms with Crippen LogP contribution in [0.25, 0.3) is 0 Å². The zero-order valence-corrected chi connectivity index (χ0v) is 11.3. The first-order valence-corrected chi connectivity index (χ1v) is 7.18. The van der Waals surface area contributed by atoms with E-state index >= 15 is 0 Å². The van der Waals surface area contributed by atoms with E-state index in [9.17, 15) is 4.79 Å². The van der Waals surface area contributed by atoms with Crippen molar-refractivity contribution >= 4 is 21.8 Å². The molecule has 0 bridgehead atoms. The summed E-state index contributed by atoms with van der Waals surface area (Å²) in [6.07, 6.45) is 4.12. The maximum Gasteiger partial charge on any atom is 0.224 e. The number of carbonyl (C=O) groups is 1. The molecule has 1 fully saturated rings. The quantitative estimate of drug-likeness (QED) is 0.729. The molecule has 1 aromatic rings. The maximum absolute atomic E-state index is 12.0. The summed E-state index contributed by atoms with van der Waals surface area (Å²) in [6.45, 7) is 0.859. The van der Waals surface area contributed by atoms with E-state index < -0.39 is 0 Å². The lowest BCUT2D eigenvalue weighted by Gasteiger charge is -2.33. The van der Waals surface area contributed by atoms with Crippen molar-refractivity contribution in [2.45, 2.75) is 36.6 Å². The average Bonchev–Trinajstić information content (AvgIpc) is 2.68. The Bertz CT molecular complexity index is 446. The van der Waals surface area contributed by atoms with E-state index in [0.29, 0.717) is 23.2 Å². The number of hydrogen-bond acceptors (Lipinski definition) is 1. The van der Waals surface area contributed by atoms with E-state index in [2.05, 4.69) is 45.1 Å². The van der Waals surface area contributed by atoms with Gasteiger partial charge in [-0.3, -0.25) is 4.79 Å². The molecule has 2 aliphatic rings. The molecular weight excluding hydrogens is 278 g/mol. The van der Waals surface area contributed by atoms with Crippen molar-refractivity contribution in [2.75, 3.05) is 6.54 Å². The summed E-state index contributed by atoms with van der Waals surface area (Å²) in [7, 11) is 0. The molecule has 2 nitrogen and oxygen atoms in total. The monoisotopic (exact) mass is 293 g/mol. The summed E-state index contributed by atoms with van der Waals surface area (Å²) in [6, 6.07) is 8.89. The molecule has 1 saturated heterocycles. The molecule has 0 N–H and O–H groups in total. The van der Waals surface area contributed by atoms with Crippen molar-refractivity contribution in [2.24, 2.45) is 0 Å². The lowest BCUT2D eigenvalue weighted by Crippen LogP contribution is -2.32. The number of aryl methyl sites for hydroxylation is 1. The molecule has 0 saturated carbocycles. The highest BCUT2D eigenvalue weighted by atomic mass is 79.9. The average molecular weight is 294 g/mol. The smallest absolute Gasteiger partial charge is 0.224 e. The molecule has 1 aliphatic carbocycles. The first-order valence-electron chi connectivity index (χ1n) is 6.27. The number of benzene rings is 1. The standard InChI is InChI=1S/C14H16BrNO/c15-11-8-14(17)16(9-11)13-7-3-5-10-4-1-2-6-12(10)13/h1-2,4,6,11,13H,3,5,7-9H2/t11?,13-/m0/s1. The molecule has 0 spiro atoms. The van der Waals surface area contributed by atoms with E-state index in [1.165, 1.54) is 17.5 Å². The fraction of sp³-hybridized carbons (Fsp3) is 0.500. The topological polar surface area (TPSA) is 20.3 Å². The van der Waals surface area contributed by atoms with Crippen molar-refractivity contribution in [1.29, 1.82) is 0 Å². The Labute approximate surface area is 110 Å². The molecule has 3 rings (SSSR count). The predicted octanol–water partition coefficient (Wildman–Crippen LogP) is 3.06. The summed E-state index contributed by atoms with van der Waals surface area (Å²) in [5.41, 5.74) is 2.79. The van der Waals surface area contributed by atoms with Crippen molar-refractivity contribution in [3.05, 3.63) is 35.4 Å². The molecular formula is C14H16BrNO. The van der Waals surface area contributed by atoms with Gasteiger partial charge in [-0.15, -0.1) is 0 Å². The van der Waals surface area contributed by atoms with Crippen LogP contribution in [-0.2, 0) is 11.2 Å². The summed E-state index contributed by atoms with van der Waals surface area (Å²) < 4.78 is 0. The van der Waals surface area contributed by atoms with Crippen LogP contribution in [0.4, 0.5) is 0 Å². The molecule has 1 heterocycles. The summed E-state index contributed by atoms with van der Waals surface area (Å²) >= 11 is 3.56. The van der Waals surface area contributed by atoms with Crippen LogP contribution >= 0.6 is 15.9 Å². The van der Waals surface area contributed by atoms with Gasteiger partial charge in [-0.05, 0) is 30.4 Å². The summed E-state index contributed by atoms with van der Waals surface area (Å²) in [5, 5.41) is 0. The molecule has 1 aliphatic heterocycles. The van der Waals surface area contributed by atoms with Crippen molar-refractivity contribution in [3.8, 4) is 0 Å². The molecule has 90 valence electrons. The third kappa shape index (κ3) is 2.01. The fourth-order valence-electron chi connectivity index (χ4n) is 3.04. The second kappa shape index (κ2) is 4.45. The van der Waals surface area contributed by atoms with Gasteiger partial charge in [0.15, 0.2) is 0 Å². The molecule has 0 aromatic heterocycles. The van der Waals surface area contributed by atoms with Crippen LogP contribution in [-0.4, -0.2) is 22.2 Å². The van der Waals surface area contributed by atoms with Crippen LogP contribution in [0, 0.1) is 0 Å². The minimum Gasteiger partial charge on any atom is -0.334 e. The normalized spacial score (nSPS) is 28.3. The third-order valence-corrected chi connectivity index (χ3v) is 4.44. The number of rotatable bonds is 1. The van der Waals surface area contributed by atoms with Crippen molar-refractivity contribution in [3.63, 3.8) is 0 Å². The van der Waals surface area contributed by atoms with Gasteiger partial charge in [-0.2, -0.15) is 0 Å². The summed E-state index contributed by atoms with van der Waals surface area (Å²) in [4.78, 5) is 14.4. The molecule has 2 atom stereocenters. The van der Waals surface area contributed by atoms with Crippen LogP contribution in [0.15, 0.2) is 24.3 Å². The lowest BCUT2D eigenvalue weighted by molar-refractivity contribution is -0.130. The third-order valence-electron chi connectivity index (χ3n) is 3.83. The Hall–Kier alpha value is -0.830. The van der Waals surface area contributed by atoms with Gasteiger partial charge in [0.05, 0.1) is 6.04 Å². The predicted molar refractivity (Wildman–Crippen MR) is 71.2 cm³/mol. The van der Waals surface area contributed by atoms with Crippen LogP contribution in [0.1, 0.15) is 36.4 Å². The number of halogens is 1. The fourth-order valence-corrected chi connectivity index (χ4v) is 3.63. The van der Waals surface area contributed by atoms with E-state index in [1.807, 2.05) is 0 Å². The maximum atomic E-state index is 12.0. The number of likely N-dealkylation sites (tertiary alicyclic amines) is 1. The van der Waals surface area contributed by atoms with Crippen LogP contribution < -0.4 is 0 Å². The van der Waals surface area contributed by atoms with E-state index in [4.69, 9.17) is 0 Å². The largest absolute Gasteiger partial charge is 0.334 e.